The lowest BCUT2D eigenvalue weighted by molar-refractivity contribution is -0.143. The molecule has 0 aliphatic rings. The second kappa shape index (κ2) is 8.44. The van der Waals surface area contributed by atoms with Gasteiger partial charge in [0.2, 0.25) is 0 Å². The lowest BCUT2D eigenvalue weighted by Crippen LogP contribution is -2.06. The molecule has 0 bridgehead atoms. The molecule has 22 heavy (non-hydrogen) atoms. The summed E-state index contributed by atoms with van der Waals surface area (Å²) in [6.07, 6.45) is 4.63. The van der Waals surface area contributed by atoms with Crippen molar-refractivity contribution in [1.29, 1.82) is 0 Å². The van der Waals surface area contributed by atoms with Gasteiger partial charge in [0.25, 0.3) is 0 Å². The van der Waals surface area contributed by atoms with Crippen LogP contribution in [-0.4, -0.2) is 18.4 Å². The number of Topliss-reactive ketones (excluding diaryl/α,β-unsaturated/α-hetero) is 1. The highest BCUT2D eigenvalue weighted by Gasteiger charge is 2.10. The quantitative estimate of drug-likeness (QED) is 0.489. The normalized spacial score (nSPS) is 11.0. The van der Waals surface area contributed by atoms with E-state index in [4.69, 9.17) is 4.74 Å². The van der Waals surface area contributed by atoms with Crippen LogP contribution < -0.4 is 0 Å². The first kappa shape index (κ1) is 17.2. The van der Waals surface area contributed by atoms with Crippen molar-refractivity contribution in [2.75, 3.05) is 6.61 Å². The molecule has 2 aromatic rings. The van der Waals surface area contributed by atoms with Crippen LogP contribution in [0, 0.1) is 0 Å². The summed E-state index contributed by atoms with van der Waals surface area (Å²) in [5, 5.41) is 0. The maximum Gasteiger partial charge on any atom is 0.306 e. The molecule has 0 radical (unpaired) electrons. The van der Waals surface area contributed by atoms with Crippen LogP contribution in [0.1, 0.15) is 49.3 Å². The molecular weight excluding hydrogens is 316 g/mol. The molecule has 0 saturated heterocycles. The molecule has 0 aliphatic carbocycles. The van der Waals surface area contributed by atoms with Crippen molar-refractivity contribution >= 4 is 43.8 Å². The zero-order chi connectivity index (χ0) is 15.9. The van der Waals surface area contributed by atoms with E-state index in [0.29, 0.717) is 19.4 Å². The van der Waals surface area contributed by atoms with Gasteiger partial charge < -0.3 is 9.53 Å². The summed E-state index contributed by atoms with van der Waals surface area (Å²) in [5.74, 6) is 0.131. The number of ketones is 1. The standard InChI is InChI=1S/C17H22O3S2/c1-3-4-9-20-17(19)8-7-14-11-16-15(22-14)10-13(21-16)6-5-12(2)18/h10-11H,3-9H2,1-2H3. The zero-order valence-corrected chi connectivity index (χ0v) is 14.8. The van der Waals surface area contributed by atoms with Gasteiger partial charge in [0.1, 0.15) is 5.78 Å². The number of esters is 1. The molecule has 0 amide bonds. The van der Waals surface area contributed by atoms with Crippen LogP contribution in [0.15, 0.2) is 12.1 Å². The number of hydrogen-bond donors (Lipinski definition) is 0. The van der Waals surface area contributed by atoms with E-state index >= 15 is 0 Å². The van der Waals surface area contributed by atoms with Crippen molar-refractivity contribution in [2.24, 2.45) is 0 Å². The summed E-state index contributed by atoms with van der Waals surface area (Å²) in [4.78, 5) is 25.1. The zero-order valence-electron chi connectivity index (χ0n) is 13.1. The minimum Gasteiger partial charge on any atom is -0.466 e. The van der Waals surface area contributed by atoms with Gasteiger partial charge in [-0.15, -0.1) is 22.7 Å². The second-order valence-electron chi connectivity index (χ2n) is 5.43. The van der Waals surface area contributed by atoms with Gasteiger partial charge >= 0.3 is 5.97 Å². The Bertz CT molecular complexity index is 608. The lowest BCUT2D eigenvalue weighted by atomic mass is 10.2. The van der Waals surface area contributed by atoms with Gasteiger partial charge in [0.05, 0.1) is 13.0 Å². The Morgan fingerprint density at radius 1 is 1.05 bits per heavy atom. The van der Waals surface area contributed by atoms with Crippen molar-refractivity contribution in [3.8, 4) is 0 Å². The Kier molecular flexibility index (Phi) is 6.58. The number of ether oxygens (including phenoxy) is 1. The Labute approximate surface area is 139 Å². The molecule has 0 atom stereocenters. The molecule has 0 saturated carbocycles. The maximum absolute atomic E-state index is 11.6. The molecule has 5 heteroatoms. The number of aryl methyl sites for hydroxylation is 2. The summed E-state index contributed by atoms with van der Waals surface area (Å²) in [5.41, 5.74) is 0. The average Bonchev–Trinajstić information content (AvgIpc) is 3.01. The predicted molar refractivity (Wildman–Crippen MR) is 92.9 cm³/mol. The third-order valence-electron chi connectivity index (χ3n) is 3.37. The van der Waals surface area contributed by atoms with Crippen LogP contribution in [0.4, 0.5) is 0 Å². The molecule has 0 aliphatic heterocycles. The fourth-order valence-electron chi connectivity index (χ4n) is 2.11. The number of thiophene rings is 2. The molecule has 0 aromatic carbocycles. The summed E-state index contributed by atoms with van der Waals surface area (Å²) < 4.78 is 7.69. The summed E-state index contributed by atoms with van der Waals surface area (Å²) in [6.45, 7) is 4.25. The van der Waals surface area contributed by atoms with Crippen molar-refractivity contribution in [3.63, 3.8) is 0 Å². The second-order valence-corrected chi connectivity index (χ2v) is 7.77. The predicted octanol–water partition coefficient (Wildman–Crippen LogP) is 4.76. The number of fused-ring (bicyclic) bond motifs is 1. The Morgan fingerprint density at radius 3 is 2.18 bits per heavy atom. The summed E-state index contributed by atoms with van der Waals surface area (Å²) in [7, 11) is 0. The van der Waals surface area contributed by atoms with Crippen LogP contribution in [0.5, 0.6) is 0 Å². The van der Waals surface area contributed by atoms with E-state index in [-0.39, 0.29) is 11.8 Å². The SMILES string of the molecule is CCCCOC(=O)CCc1cc2sc(CCC(C)=O)cc2s1. The van der Waals surface area contributed by atoms with Gasteiger partial charge in [-0.05, 0) is 38.3 Å². The molecule has 2 aromatic heterocycles. The minimum absolute atomic E-state index is 0.104. The van der Waals surface area contributed by atoms with E-state index in [1.807, 2.05) is 0 Å². The first-order valence-electron chi connectivity index (χ1n) is 7.74. The molecule has 120 valence electrons. The smallest absolute Gasteiger partial charge is 0.306 e. The number of unbranched alkanes of at least 4 members (excludes halogenated alkanes) is 1. The third kappa shape index (κ3) is 5.21. The molecule has 0 unspecified atom stereocenters. The Balaban J connectivity index is 1.84. The Morgan fingerprint density at radius 2 is 1.64 bits per heavy atom. The van der Waals surface area contributed by atoms with Gasteiger partial charge in [0.15, 0.2) is 0 Å². The highest BCUT2D eigenvalue weighted by molar-refractivity contribution is 7.27. The molecule has 2 heterocycles. The fourth-order valence-corrected chi connectivity index (χ4v) is 4.56. The van der Waals surface area contributed by atoms with E-state index in [2.05, 4.69) is 19.1 Å². The van der Waals surface area contributed by atoms with Crippen LogP contribution in [0.2, 0.25) is 0 Å². The summed E-state index contributed by atoms with van der Waals surface area (Å²) in [6, 6.07) is 4.35. The van der Waals surface area contributed by atoms with E-state index in [9.17, 15) is 9.59 Å². The van der Waals surface area contributed by atoms with Crippen LogP contribution in [-0.2, 0) is 27.2 Å². The molecule has 2 rings (SSSR count). The molecule has 0 N–H and O–H groups in total. The molecule has 0 spiro atoms. The number of hydrogen-bond acceptors (Lipinski definition) is 5. The van der Waals surface area contributed by atoms with Crippen LogP contribution >= 0.6 is 22.7 Å². The minimum atomic E-state index is -0.104. The maximum atomic E-state index is 11.6. The topological polar surface area (TPSA) is 43.4 Å². The molecule has 3 nitrogen and oxygen atoms in total. The number of carbonyl (C=O) groups is 2. The molecule has 0 fully saturated rings. The lowest BCUT2D eigenvalue weighted by Gasteiger charge is -2.02. The van der Waals surface area contributed by atoms with Gasteiger partial charge in [0, 0.05) is 25.6 Å². The largest absolute Gasteiger partial charge is 0.466 e. The van der Waals surface area contributed by atoms with Gasteiger partial charge in [-0.1, -0.05) is 13.3 Å². The Hall–Kier alpha value is -1.20. The van der Waals surface area contributed by atoms with E-state index < -0.39 is 0 Å². The molecular formula is C17H22O3S2. The third-order valence-corrected chi connectivity index (χ3v) is 5.78. The van der Waals surface area contributed by atoms with Gasteiger partial charge in [-0.2, -0.15) is 0 Å². The van der Waals surface area contributed by atoms with Crippen molar-refractivity contribution < 1.29 is 14.3 Å². The number of carbonyl (C=O) groups excluding carboxylic acids is 2. The first-order chi connectivity index (χ1) is 10.6. The van der Waals surface area contributed by atoms with Crippen molar-refractivity contribution in [3.05, 3.63) is 21.9 Å². The first-order valence-corrected chi connectivity index (χ1v) is 9.38. The highest BCUT2D eigenvalue weighted by Crippen LogP contribution is 2.34. The fraction of sp³-hybridized carbons (Fsp3) is 0.529. The number of rotatable bonds is 9. The van der Waals surface area contributed by atoms with Gasteiger partial charge in [-0.25, -0.2) is 0 Å². The van der Waals surface area contributed by atoms with Crippen molar-refractivity contribution in [1.82, 2.24) is 0 Å². The van der Waals surface area contributed by atoms with Crippen LogP contribution in [0.25, 0.3) is 9.40 Å². The monoisotopic (exact) mass is 338 g/mol. The van der Waals surface area contributed by atoms with Gasteiger partial charge in [-0.3, -0.25) is 4.79 Å². The van der Waals surface area contributed by atoms with E-state index in [1.165, 1.54) is 19.2 Å². The highest BCUT2D eigenvalue weighted by atomic mass is 32.1. The van der Waals surface area contributed by atoms with Crippen LogP contribution in [0.3, 0.4) is 0 Å². The van der Waals surface area contributed by atoms with Crippen molar-refractivity contribution in [2.45, 2.75) is 52.4 Å². The summed E-state index contributed by atoms with van der Waals surface area (Å²) >= 11 is 3.49. The average molecular weight is 338 g/mol. The van der Waals surface area contributed by atoms with E-state index in [0.717, 1.165) is 25.7 Å². The van der Waals surface area contributed by atoms with E-state index in [1.54, 1.807) is 29.6 Å².